The van der Waals surface area contributed by atoms with Crippen molar-refractivity contribution in [2.45, 2.75) is 12.4 Å². The maximum absolute atomic E-state index is 13.0. The summed E-state index contributed by atoms with van der Waals surface area (Å²) in [6.45, 7) is 0.689. The molecular weight excluding hydrogens is 756 g/mol. The van der Waals surface area contributed by atoms with E-state index in [-0.39, 0.29) is 17.7 Å². The van der Waals surface area contributed by atoms with Gasteiger partial charge in [0.2, 0.25) is 0 Å². The average Bonchev–Trinajstić information content (AvgIpc) is 3.69. The fraction of sp³-hybridized carbons (Fsp3) is 0.167. The fourth-order valence-electron chi connectivity index (χ4n) is 4.51. The summed E-state index contributed by atoms with van der Waals surface area (Å²) in [5, 5.41) is 23.7. The molecule has 0 spiro atoms. The third-order valence-electron chi connectivity index (χ3n) is 7.16. The molecule has 2 aromatic carbocycles. The van der Waals surface area contributed by atoms with Crippen LogP contribution in [0.4, 0.5) is 37.7 Å². The highest BCUT2D eigenvalue weighted by Crippen LogP contribution is 2.20. The molecule has 296 valence electrons. The zero-order valence-electron chi connectivity index (χ0n) is 29.3. The van der Waals surface area contributed by atoms with Gasteiger partial charge in [-0.05, 0) is 47.5 Å². The Balaban J connectivity index is 0.000000512. The van der Waals surface area contributed by atoms with Crippen LogP contribution in [-0.2, 0) is 23.7 Å². The van der Waals surface area contributed by atoms with Crippen LogP contribution in [0.5, 0.6) is 0 Å². The van der Waals surface area contributed by atoms with Gasteiger partial charge in [-0.3, -0.25) is 19.4 Å². The van der Waals surface area contributed by atoms with E-state index in [9.17, 15) is 40.7 Å². The van der Waals surface area contributed by atoms with Crippen molar-refractivity contribution in [2.24, 2.45) is 19.8 Å². The first-order valence-corrected chi connectivity index (χ1v) is 15.9. The van der Waals surface area contributed by atoms with E-state index in [2.05, 4.69) is 27.0 Å². The highest BCUT2D eigenvalue weighted by atomic mass is 19.4. The van der Waals surface area contributed by atoms with E-state index < -0.39 is 24.3 Å². The molecule has 7 N–H and O–H groups in total. The van der Waals surface area contributed by atoms with Gasteiger partial charge in [0.05, 0.1) is 16.9 Å². The number of halogens is 6. The largest absolute Gasteiger partial charge is 0.490 e. The van der Waals surface area contributed by atoms with Crippen molar-refractivity contribution in [2.75, 3.05) is 23.7 Å². The van der Waals surface area contributed by atoms with Gasteiger partial charge in [-0.1, -0.05) is 42.5 Å². The highest BCUT2D eigenvalue weighted by molar-refractivity contribution is 6.07. The minimum absolute atomic E-state index is 0.279. The Bertz CT molecular complexity index is 2200. The van der Waals surface area contributed by atoms with Gasteiger partial charge in [0.1, 0.15) is 11.4 Å². The number of aryl methyl sites for hydroxylation is 2. The van der Waals surface area contributed by atoms with Gasteiger partial charge in [-0.2, -0.15) is 26.3 Å². The van der Waals surface area contributed by atoms with Crippen molar-refractivity contribution in [1.29, 1.82) is 0 Å². The number of rotatable bonds is 9. The topological polar surface area (TPSA) is 211 Å². The number of alkyl halides is 6. The van der Waals surface area contributed by atoms with Crippen LogP contribution in [0.15, 0.2) is 85.3 Å². The Morgan fingerprint density at radius 3 is 1.71 bits per heavy atom. The van der Waals surface area contributed by atoms with Crippen LogP contribution in [0.2, 0.25) is 0 Å². The summed E-state index contributed by atoms with van der Waals surface area (Å²) >= 11 is 0. The molecule has 0 bridgehead atoms. The lowest BCUT2D eigenvalue weighted by molar-refractivity contribution is -0.193. The summed E-state index contributed by atoms with van der Waals surface area (Å²) in [6.07, 6.45) is -1.07. The average molecular weight is 790 g/mol. The molecule has 0 saturated heterocycles. The number of amides is 3. The summed E-state index contributed by atoms with van der Waals surface area (Å²) in [7, 11) is 3.43. The zero-order valence-corrected chi connectivity index (χ0v) is 29.3. The van der Waals surface area contributed by atoms with E-state index in [0.29, 0.717) is 41.4 Å². The molecular formula is C36H33F6N7O7. The second-order valence-corrected chi connectivity index (χ2v) is 11.4. The number of aromatic nitrogens is 3. The van der Waals surface area contributed by atoms with E-state index in [1.165, 1.54) is 0 Å². The van der Waals surface area contributed by atoms with E-state index >= 15 is 0 Å². The van der Waals surface area contributed by atoms with Gasteiger partial charge >= 0.3 is 24.3 Å². The quantitative estimate of drug-likeness (QED) is 0.103. The van der Waals surface area contributed by atoms with E-state index in [1.54, 1.807) is 59.9 Å². The number of carboxylic acid groups (broad SMARTS) is 2. The number of para-hydroxylation sites is 1. The lowest BCUT2D eigenvalue weighted by Gasteiger charge is -2.03. The lowest BCUT2D eigenvalue weighted by atomic mass is 10.1. The number of fused-ring (bicyclic) bond motifs is 1. The van der Waals surface area contributed by atoms with E-state index in [1.807, 2.05) is 54.7 Å². The first kappa shape index (κ1) is 43.4. The normalized spacial score (nSPS) is 11.2. The molecule has 56 heavy (non-hydrogen) atoms. The molecule has 0 saturated carbocycles. The van der Waals surface area contributed by atoms with Gasteiger partial charge in [-0.25, -0.2) is 9.59 Å². The monoisotopic (exact) mass is 789 g/mol. The minimum Gasteiger partial charge on any atom is -0.475 e. The van der Waals surface area contributed by atoms with Crippen molar-refractivity contribution in [3.63, 3.8) is 0 Å². The summed E-state index contributed by atoms with van der Waals surface area (Å²) in [5.74, 6) is -6.47. The molecule has 0 fully saturated rings. The highest BCUT2D eigenvalue weighted by Gasteiger charge is 2.38. The van der Waals surface area contributed by atoms with Gasteiger partial charge in [-0.15, -0.1) is 0 Å². The van der Waals surface area contributed by atoms with Crippen molar-refractivity contribution < 1.29 is 60.5 Å². The number of nitrogens with zero attached hydrogens (tertiary/aromatic N) is 3. The molecule has 0 aliphatic carbocycles. The third-order valence-corrected chi connectivity index (χ3v) is 7.16. The van der Waals surface area contributed by atoms with Gasteiger partial charge < -0.3 is 41.0 Å². The van der Waals surface area contributed by atoms with E-state index in [0.717, 1.165) is 22.0 Å². The number of pyridine rings is 1. The second kappa shape index (κ2) is 18.9. The fourth-order valence-corrected chi connectivity index (χ4v) is 4.51. The summed E-state index contributed by atoms with van der Waals surface area (Å²) in [5.41, 5.74) is 10.5. The number of aliphatic carboxylic acids is 2. The van der Waals surface area contributed by atoms with Gasteiger partial charge in [0, 0.05) is 56.7 Å². The number of hydrogen-bond acceptors (Lipinski definition) is 7. The minimum atomic E-state index is -5.08. The number of carbonyl (C=O) groups is 5. The molecule has 20 heteroatoms. The Kier molecular flexibility index (Phi) is 14.6. The molecule has 0 aliphatic rings. The van der Waals surface area contributed by atoms with Crippen LogP contribution < -0.4 is 21.7 Å². The van der Waals surface area contributed by atoms with Crippen LogP contribution in [-0.4, -0.2) is 79.4 Å². The van der Waals surface area contributed by atoms with Crippen molar-refractivity contribution in [3.8, 4) is 0 Å². The number of nitrogens with two attached hydrogens (primary N) is 1. The number of nitrogens with one attached hydrogen (secondary N) is 3. The Morgan fingerprint density at radius 1 is 0.714 bits per heavy atom. The maximum Gasteiger partial charge on any atom is 0.490 e. The number of anilines is 2. The number of carboxylic acids is 2. The molecule has 3 aromatic heterocycles. The van der Waals surface area contributed by atoms with E-state index in [4.69, 9.17) is 25.5 Å². The smallest absolute Gasteiger partial charge is 0.475 e. The van der Waals surface area contributed by atoms with Crippen LogP contribution in [0.25, 0.3) is 23.1 Å². The molecule has 5 rings (SSSR count). The number of hydrogen-bond donors (Lipinski definition) is 6. The standard InChI is InChI=1S/C32H31N7O3.2C2HF3O2/c1-38-20-26(16-28(38)31(41)34-14-13-33)37-32(42)29-17-25(19-39(29)2)36-30(40)23-11-9-21(10-12-23)7-8-22-15-24-5-3-4-6-27(24)35-18-22;2*3-2(4,5)1(6)7/h3-12,15-20H,13-14,33H2,1-2H3,(H,34,41)(H,36,40)(H,37,42);2*(H,6,7)/b8-7+;;. The molecule has 0 unspecified atom stereocenters. The summed E-state index contributed by atoms with van der Waals surface area (Å²) in [4.78, 5) is 60.4. The predicted octanol–water partition coefficient (Wildman–Crippen LogP) is 5.54. The Labute approximate surface area is 313 Å². The molecule has 0 radical (unpaired) electrons. The molecule has 3 heterocycles. The molecule has 0 atom stereocenters. The third kappa shape index (κ3) is 12.9. The molecule has 14 nitrogen and oxygen atoms in total. The van der Waals surface area contributed by atoms with Gasteiger partial charge in [0.15, 0.2) is 0 Å². The van der Waals surface area contributed by atoms with Crippen LogP contribution >= 0.6 is 0 Å². The first-order valence-electron chi connectivity index (χ1n) is 15.9. The molecule has 5 aromatic rings. The maximum atomic E-state index is 13.0. The van der Waals surface area contributed by atoms with Gasteiger partial charge in [0.25, 0.3) is 17.7 Å². The Morgan fingerprint density at radius 2 is 1.20 bits per heavy atom. The van der Waals surface area contributed by atoms with Crippen molar-refractivity contribution >= 4 is 64.1 Å². The summed E-state index contributed by atoms with van der Waals surface area (Å²) in [6, 6.07) is 20.5. The Hall–Kier alpha value is -6.96. The predicted molar refractivity (Wildman–Crippen MR) is 193 cm³/mol. The second-order valence-electron chi connectivity index (χ2n) is 11.4. The molecule has 0 aliphatic heterocycles. The first-order chi connectivity index (χ1) is 26.2. The van der Waals surface area contributed by atoms with Crippen molar-refractivity contribution in [1.82, 2.24) is 19.4 Å². The molecule has 3 amide bonds. The van der Waals surface area contributed by atoms with Crippen LogP contribution in [0, 0.1) is 0 Å². The number of benzene rings is 2. The van der Waals surface area contributed by atoms with Crippen molar-refractivity contribution in [3.05, 3.63) is 113 Å². The van der Waals surface area contributed by atoms with Crippen LogP contribution in [0.3, 0.4) is 0 Å². The number of carbonyl (C=O) groups excluding carboxylic acids is 3. The summed E-state index contributed by atoms with van der Waals surface area (Å²) < 4.78 is 66.7. The zero-order chi connectivity index (χ0) is 41.8. The SMILES string of the molecule is Cn1cc(NC(=O)c2cc(NC(=O)c3ccc(/C=C/c4cnc5ccccc5c4)cc3)cn2C)cc1C(=O)NCCN.O=C(O)C(F)(F)F.O=C(O)C(F)(F)F. The lowest BCUT2D eigenvalue weighted by Crippen LogP contribution is -2.30. The van der Waals surface area contributed by atoms with Crippen LogP contribution in [0.1, 0.15) is 42.5 Å².